The zero-order valence-corrected chi connectivity index (χ0v) is 16.6. The first-order chi connectivity index (χ1) is 12.9. The second kappa shape index (κ2) is 8.23. The van der Waals surface area contributed by atoms with Gasteiger partial charge in [-0.2, -0.15) is 0 Å². The van der Waals surface area contributed by atoms with Gasteiger partial charge in [0.1, 0.15) is 0 Å². The largest absolute Gasteiger partial charge is 0.367 e. The highest BCUT2D eigenvalue weighted by Gasteiger charge is 2.43. The molecule has 6 heteroatoms. The molecule has 144 valence electrons. The Morgan fingerprint density at radius 3 is 2.59 bits per heavy atom. The minimum absolute atomic E-state index is 0.0481. The fourth-order valence-corrected chi connectivity index (χ4v) is 4.11. The first kappa shape index (κ1) is 19.6. The third-order valence-electron chi connectivity index (χ3n) is 4.82. The van der Waals surface area contributed by atoms with E-state index in [1.54, 1.807) is 16.2 Å². The minimum Gasteiger partial charge on any atom is -0.367 e. The number of nitrogens with two attached hydrogens (primary N) is 1. The zero-order valence-electron chi connectivity index (χ0n) is 15.8. The van der Waals surface area contributed by atoms with E-state index in [9.17, 15) is 9.59 Å². The van der Waals surface area contributed by atoms with Crippen molar-refractivity contribution >= 4 is 23.2 Å². The van der Waals surface area contributed by atoms with Crippen LogP contribution < -0.4 is 5.73 Å². The average molecular weight is 387 g/mol. The molecule has 1 atom stereocenters. The number of hydrogen-bond acceptors (Lipinski definition) is 4. The second-order valence-corrected chi connectivity index (χ2v) is 8.42. The van der Waals surface area contributed by atoms with Gasteiger partial charge in [0.05, 0.1) is 13.2 Å². The highest BCUT2D eigenvalue weighted by molar-refractivity contribution is 7.13. The molecular weight excluding hydrogens is 360 g/mol. The van der Waals surface area contributed by atoms with Gasteiger partial charge in [-0.1, -0.05) is 44.2 Å². The predicted molar refractivity (Wildman–Crippen MR) is 107 cm³/mol. The van der Waals surface area contributed by atoms with Crippen molar-refractivity contribution < 1.29 is 14.3 Å². The fraction of sp³-hybridized carbons (Fsp3) is 0.429. The highest BCUT2D eigenvalue weighted by atomic mass is 32.1. The van der Waals surface area contributed by atoms with Crippen LogP contribution in [0.25, 0.3) is 10.4 Å². The maximum absolute atomic E-state index is 12.5. The second-order valence-electron chi connectivity index (χ2n) is 7.47. The maximum atomic E-state index is 12.5. The van der Waals surface area contributed by atoms with Crippen molar-refractivity contribution in [2.45, 2.75) is 32.3 Å². The van der Waals surface area contributed by atoms with Gasteiger partial charge in [0, 0.05) is 24.3 Å². The topological polar surface area (TPSA) is 72.6 Å². The average Bonchev–Trinajstić information content (AvgIpc) is 3.16. The molecule has 0 radical (unpaired) electrons. The van der Waals surface area contributed by atoms with E-state index >= 15 is 0 Å². The van der Waals surface area contributed by atoms with Crippen LogP contribution in [0.3, 0.4) is 0 Å². The number of amides is 2. The van der Waals surface area contributed by atoms with E-state index in [0.29, 0.717) is 26.0 Å². The Morgan fingerprint density at radius 1 is 1.26 bits per heavy atom. The number of primary amides is 1. The summed E-state index contributed by atoms with van der Waals surface area (Å²) in [6.07, 6.45) is 0.822. The number of nitrogens with zero attached hydrogens (tertiary/aromatic N) is 1. The molecule has 1 aromatic carbocycles. The smallest absolute Gasteiger partial charge is 0.251 e. The number of benzene rings is 1. The fourth-order valence-electron chi connectivity index (χ4n) is 3.38. The quantitative estimate of drug-likeness (QED) is 0.829. The molecule has 0 saturated carbocycles. The summed E-state index contributed by atoms with van der Waals surface area (Å²) in [5.74, 6) is -0.202. The van der Waals surface area contributed by atoms with Crippen LogP contribution in [0.5, 0.6) is 0 Å². The van der Waals surface area contributed by atoms with Crippen LogP contribution in [0.4, 0.5) is 0 Å². The van der Waals surface area contributed by atoms with Gasteiger partial charge in [-0.05, 0) is 28.5 Å². The molecule has 5 nitrogen and oxygen atoms in total. The molecule has 27 heavy (non-hydrogen) atoms. The molecule has 2 amide bonds. The van der Waals surface area contributed by atoms with Crippen LogP contribution in [0.2, 0.25) is 0 Å². The summed E-state index contributed by atoms with van der Waals surface area (Å²) in [6, 6.07) is 12.2. The maximum Gasteiger partial charge on any atom is 0.251 e. The van der Waals surface area contributed by atoms with E-state index in [4.69, 9.17) is 10.5 Å². The molecule has 1 saturated heterocycles. The first-order valence-corrected chi connectivity index (χ1v) is 10.1. The lowest BCUT2D eigenvalue weighted by atomic mass is 9.90. The van der Waals surface area contributed by atoms with E-state index in [0.717, 1.165) is 11.1 Å². The molecule has 0 bridgehead atoms. The Hall–Kier alpha value is -2.18. The molecule has 0 spiro atoms. The Labute approximate surface area is 164 Å². The third kappa shape index (κ3) is 4.57. The van der Waals surface area contributed by atoms with Crippen molar-refractivity contribution in [1.82, 2.24) is 4.90 Å². The van der Waals surface area contributed by atoms with Gasteiger partial charge < -0.3 is 15.4 Å². The Bertz CT molecular complexity index is 786. The van der Waals surface area contributed by atoms with E-state index in [1.807, 2.05) is 49.6 Å². The highest BCUT2D eigenvalue weighted by Crippen LogP contribution is 2.28. The Kier molecular flexibility index (Phi) is 5.97. The SMILES string of the molecule is CC(C)CC(=O)N1CCO[C@@](Cc2ccc(-c3cccs3)cc2)(C(N)=O)C1. The van der Waals surface area contributed by atoms with E-state index in [-0.39, 0.29) is 18.4 Å². The summed E-state index contributed by atoms with van der Waals surface area (Å²) in [4.78, 5) is 27.7. The predicted octanol–water partition coefficient (Wildman–Crippen LogP) is 3.09. The first-order valence-electron chi connectivity index (χ1n) is 9.24. The lowest BCUT2D eigenvalue weighted by molar-refractivity contribution is -0.163. The van der Waals surface area contributed by atoms with Crippen LogP contribution in [0, 0.1) is 5.92 Å². The molecule has 1 aliphatic rings. The lowest BCUT2D eigenvalue weighted by Crippen LogP contribution is -2.61. The third-order valence-corrected chi connectivity index (χ3v) is 5.74. The monoisotopic (exact) mass is 386 g/mol. The number of carbonyl (C=O) groups is 2. The lowest BCUT2D eigenvalue weighted by Gasteiger charge is -2.41. The summed E-state index contributed by atoms with van der Waals surface area (Å²) >= 11 is 1.69. The van der Waals surface area contributed by atoms with Crippen LogP contribution >= 0.6 is 11.3 Å². The van der Waals surface area contributed by atoms with E-state index in [1.165, 1.54) is 4.88 Å². The zero-order chi connectivity index (χ0) is 19.4. The van der Waals surface area contributed by atoms with Gasteiger partial charge in [-0.25, -0.2) is 0 Å². The molecule has 2 aromatic rings. The number of hydrogen-bond donors (Lipinski definition) is 1. The van der Waals surface area contributed by atoms with Gasteiger partial charge >= 0.3 is 0 Å². The van der Waals surface area contributed by atoms with E-state index < -0.39 is 11.5 Å². The van der Waals surface area contributed by atoms with Gasteiger partial charge in [0.25, 0.3) is 5.91 Å². The number of rotatable bonds is 6. The number of ether oxygens (including phenoxy) is 1. The molecule has 1 aliphatic heterocycles. The molecule has 2 heterocycles. The van der Waals surface area contributed by atoms with Crippen LogP contribution in [-0.4, -0.2) is 42.0 Å². The summed E-state index contributed by atoms with van der Waals surface area (Å²) in [5, 5.41) is 2.05. The van der Waals surface area contributed by atoms with E-state index in [2.05, 4.69) is 6.07 Å². The molecule has 1 fully saturated rings. The van der Waals surface area contributed by atoms with Gasteiger partial charge in [-0.15, -0.1) is 11.3 Å². The van der Waals surface area contributed by atoms with Gasteiger partial charge in [-0.3, -0.25) is 9.59 Å². The number of morpholine rings is 1. The molecule has 1 aromatic heterocycles. The van der Waals surface area contributed by atoms with Gasteiger partial charge in [0.15, 0.2) is 5.60 Å². The molecule has 0 unspecified atom stereocenters. The summed E-state index contributed by atoms with van der Waals surface area (Å²) in [5.41, 5.74) is 6.65. The Balaban J connectivity index is 1.76. The van der Waals surface area contributed by atoms with Crippen LogP contribution in [0.1, 0.15) is 25.8 Å². The summed E-state index contributed by atoms with van der Waals surface area (Å²) in [6.45, 7) is 5.04. The van der Waals surface area contributed by atoms with Crippen molar-refractivity contribution in [1.29, 1.82) is 0 Å². The molecule has 0 aliphatic carbocycles. The van der Waals surface area contributed by atoms with Crippen molar-refractivity contribution in [2.75, 3.05) is 19.7 Å². The molecule has 3 rings (SSSR count). The van der Waals surface area contributed by atoms with Crippen LogP contribution in [0.15, 0.2) is 41.8 Å². The van der Waals surface area contributed by atoms with Crippen LogP contribution in [-0.2, 0) is 20.7 Å². The molecule has 2 N–H and O–H groups in total. The Morgan fingerprint density at radius 2 is 2.00 bits per heavy atom. The van der Waals surface area contributed by atoms with Crippen molar-refractivity contribution in [3.63, 3.8) is 0 Å². The van der Waals surface area contributed by atoms with Crippen molar-refractivity contribution in [2.24, 2.45) is 11.7 Å². The van der Waals surface area contributed by atoms with Crippen molar-refractivity contribution in [3.05, 3.63) is 47.3 Å². The summed E-state index contributed by atoms with van der Waals surface area (Å²) < 4.78 is 5.85. The standard InChI is InChI=1S/C21H26N2O3S/c1-15(2)12-19(24)23-9-10-26-21(14-23,20(22)25)13-16-5-7-17(8-6-16)18-4-3-11-27-18/h3-8,11,15H,9-10,12-14H2,1-2H3,(H2,22,25)/t21-/m1/s1. The number of thiophene rings is 1. The van der Waals surface area contributed by atoms with Gasteiger partial charge in [0.2, 0.25) is 5.91 Å². The number of carbonyl (C=O) groups excluding carboxylic acids is 2. The van der Waals surface area contributed by atoms with Crippen molar-refractivity contribution in [3.8, 4) is 10.4 Å². The minimum atomic E-state index is -1.17. The molecular formula is C21H26N2O3S. The normalized spacial score (nSPS) is 20.0. The summed E-state index contributed by atoms with van der Waals surface area (Å²) in [7, 11) is 0.